The van der Waals surface area contributed by atoms with Crippen molar-refractivity contribution in [3.05, 3.63) is 81.4 Å². The van der Waals surface area contributed by atoms with E-state index in [9.17, 15) is 5.11 Å². The molecule has 0 aliphatic carbocycles. The molecule has 6 heteroatoms. The number of pyridine rings is 1. The van der Waals surface area contributed by atoms with E-state index < -0.39 is 0 Å². The minimum Gasteiger partial charge on any atom is -0.506 e. The van der Waals surface area contributed by atoms with Gasteiger partial charge in [-0.05, 0) is 40.2 Å². The lowest BCUT2D eigenvalue weighted by atomic mass is 10.1. The molecule has 0 saturated heterocycles. The normalized spacial score (nSPS) is 11.5. The van der Waals surface area contributed by atoms with Crippen LogP contribution in [0.1, 0.15) is 5.56 Å². The van der Waals surface area contributed by atoms with E-state index >= 15 is 0 Å². The minimum absolute atomic E-state index is 0.145. The number of aromatic hydroxyl groups is 1. The van der Waals surface area contributed by atoms with Gasteiger partial charge in [0.15, 0.2) is 5.82 Å². The molecule has 1 N–H and O–H groups in total. The highest BCUT2D eigenvalue weighted by atomic mass is 79.9. The fourth-order valence-corrected chi connectivity index (χ4v) is 3.97. The molecule has 0 amide bonds. The van der Waals surface area contributed by atoms with Crippen LogP contribution in [0.2, 0.25) is 0 Å². The molecule has 0 unspecified atom stereocenters. The topological polar surface area (TPSA) is 49.9 Å². The fourth-order valence-electron chi connectivity index (χ4n) is 2.71. The molecule has 2 heterocycles. The third-order valence-corrected chi connectivity index (χ3v) is 5.00. The third-order valence-electron chi connectivity index (χ3n) is 3.94. The molecule has 0 radical (unpaired) electrons. The first kappa shape index (κ1) is 17.0. The van der Waals surface area contributed by atoms with Gasteiger partial charge in [0.25, 0.3) is 0 Å². The second kappa shape index (κ2) is 7.05. The first-order chi connectivity index (χ1) is 12.6. The Bertz CT molecular complexity index is 1120. The van der Waals surface area contributed by atoms with E-state index in [0.29, 0.717) is 15.9 Å². The SMILES string of the molecule is Oc1c(Br)cc(Br)cc1C=Nc1c(-c2ccccc2)nc2ccccn12. The van der Waals surface area contributed by atoms with Gasteiger partial charge in [-0.1, -0.05) is 52.3 Å². The average molecular weight is 471 g/mol. The van der Waals surface area contributed by atoms with Gasteiger partial charge in [0.1, 0.15) is 17.1 Å². The molecule has 0 fully saturated rings. The van der Waals surface area contributed by atoms with E-state index in [1.54, 1.807) is 12.3 Å². The molecule has 0 atom stereocenters. The second-order valence-electron chi connectivity index (χ2n) is 5.66. The molecule has 2 aromatic carbocycles. The van der Waals surface area contributed by atoms with Crippen molar-refractivity contribution in [2.75, 3.05) is 0 Å². The predicted molar refractivity (Wildman–Crippen MR) is 111 cm³/mol. The zero-order valence-electron chi connectivity index (χ0n) is 13.5. The van der Waals surface area contributed by atoms with Crippen molar-refractivity contribution in [3.8, 4) is 17.0 Å². The number of phenolic OH excluding ortho intramolecular Hbond substituents is 1. The summed E-state index contributed by atoms with van der Waals surface area (Å²) in [5.41, 5.74) is 3.21. The lowest BCUT2D eigenvalue weighted by Gasteiger charge is -2.04. The summed E-state index contributed by atoms with van der Waals surface area (Å²) < 4.78 is 3.39. The van der Waals surface area contributed by atoms with Crippen LogP contribution in [0.15, 0.2) is 80.8 Å². The van der Waals surface area contributed by atoms with Crippen LogP contribution < -0.4 is 0 Å². The van der Waals surface area contributed by atoms with Crippen molar-refractivity contribution < 1.29 is 5.11 Å². The number of benzene rings is 2. The van der Waals surface area contributed by atoms with E-state index in [1.165, 1.54) is 0 Å². The lowest BCUT2D eigenvalue weighted by Crippen LogP contribution is -1.87. The Morgan fingerprint density at radius 3 is 2.58 bits per heavy atom. The van der Waals surface area contributed by atoms with Crippen molar-refractivity contribution in [3.63, 3.8) is 0 Å². The maximum Gasteiger partial charge on any atom is 0.165 e. The van der Waals surface area contributed by atoms with Crippen LogP contribution in [0.4, 0.5) is 5.82 Å². The van der Waals surface area contributed by atoms with Gasteiger partial charge in [0.2, 0.25) is 0 Å². The maximum absolute atomic E-state index is 10.3. The van der Waals surface area contributed by atoms with Gasteiger partial charge >= 0.3 is 0 Å². The van der Waals surface area contributed by atoms with E-state index in [4.69, 9.17) is 4.98 Å². The molecule has 0 aliphatic rings. The Labute approximate surface area is 167 Å². The quantitative estimate of drug-likeness (QED) is 0.374. The number of nitrogens with zero attached hydrogens (tertiary/aromatic N) is 3. The largest absolute Gasteiger partial charge is 0.506 e. The molecule has 4 nitrogen and oxygen atoms in total. The first-order valence-electron chi connectivity index (χ1n) is 7.88. The lowest BCUT2D eigenvalue weighted by molar-refractivity contribution is 0.471. The Hall–Kier alpha value is -2.44. The molecule has 128 valence electrons. The molecule has 0 spiro atoms. The van der Waals surface area contributed by atoms with Crippen LogP contribution in [0, 0.1) is 0 Å². The molecule has 4 rings (SSSR count). The number of phenols is 1. The molecule has 4 aromatic rings. The van der Waals surface area contributed by atoms with Crippen LogP contribution in [-0.4, -0.2) is 20.7 Å². The van der Waals surface area contributed by atoms with E-state index in [2.05, 4.69) is 36.9 Å². The predicted octanol–water partition coefficient (Wildman–Crippen LogP) is 5.98. The highest BCUT2D eigenvalue weighted by Crippen LogP contribution is 2.33. The number of hydrogen-bond acceptors (Lipinski definition) is 3. The molecular weight excluding hydrogens is 458 g/mol. The number of rotatable bonds is 3. The molecule has 2 aromatic heterocycles. The summed E-state index contributed by atoms with van der Waals surface area (Å²) >= 11 is 6.78. The summed E-state index contributed by atoms with van der Waals surface area (Å²) in [7, 11) is 0. The van der Waals surface area contributed by atoms with Gasteiger partial charge < -0.3 is 5.11 Å². The third kappa shape index (κ3) is 3.18. The van der Waals surface area contributed by atoms with Gasteiger partial charge in [-0.15, -0.1) is 0 Å². The molecule has 26 heavy (non-hydrogen) atoms. The monoisotopic (exact) mass is 469 g/mol. The second-order valence-corrected chi connectivity index (χ2v) is 7.43. The molecule has 0 bridgehead atoms. The average Bonchev–Trinajstić information content (AvgIpc) is 3.03. The smallest absolute Gasteiger partial charge is 0.165 e. The Morgan fingerprint density at radius 2 is 1.77 bits per heavy atom. The van der Waals surface area contributed by atoms with E-state index in [0.717, 1.165) is 21.4 Å². The van der Waals surface area contributed by atoms with Crippen LogP contribution in [0.25, 0.3) is 16.9 Å². The summed E-state index contributed by atoms with van der Waals surface area (Å²) in [6.07, 6.45) is 3.58. The maximum atomic E-state index is 10.3. The molecule has 0 aliphatic heterocycles. The Kier molecular flexibility index (Phi) is 4.61. The fraction of sp³-hybridized carbons (Fsp3) is 0. The zero-order valence-corrected chi connectivity index (χ0v) is 16.6. The summed E-state index contributed by atoms with van der Waals surface area (Å²) in [5.74, 6) is 0.856. The minimum atomic E-state index is 0.145. The number of fused-ring (bicyclic) bond motifs is 1. The van der Waals surface area contributed by atoms with Crippen molar-refractivity contribution in [1.29, 1.82) is 0 Å². The number of aromatic nitrogens is 2. The summed E-state index contributed by atoms with van der Waals surface area (Å²) in [6, 6.07) is 19.4. The van der Waals surface area contributed by atoms with Gasteiger partial charge in [0.05, 0.1) is 4.47 Å². The Balaban J connectivity index is 1.89. The van der Waals surface area contributed by atoms with Crippen molar-refractivity contribution in [1.82, 2.24) is 9.38 Å². The number of halogens is 2. The van der Waals surface area contributed by atoms with Crippen molar-refractivity contribution >= 4 is 49.5 Å². The standard InChI is InChI=1S/C20H13Br2N3O/c21-15-10-14(19(26)16(22)11-15)12-23-20-18(13-6-2-1-3-7-13)24-17-8-4-5-9-25(17)20/h1-12,26H. The zero-order chi connectivity index (χ0) is 18.1. The Morgan fingerprint density at radius 1 is 1.00 bits per heavy atom. The van der Waals surface area contributed by atoms with Crippen LogP contribution in [0.5, 0.6) is 5.75 Å². The number of imidazole rings is 1. The summed E-state index contributed by atoms with van der Waals surface area (Å²) in [5, 5.41) is 10.3. The summed E-state index contributed by atoms with van der Waals surface area (Å²) in [6.45, 7) is 0. The highest BCUT2D eigenvalue weighted by Gasteiger charge is 2.13. The van der Waals surface area contributed by atoms with Gasteiger partial charge in [-0.2, -0.15) is 0 Å². The van der Waals surface area contributed by atoms with Crippen molar-refractivity contribution in [2.24, 2.45) is 4.99 Å². The van der Waals surface area contributed by atoms with Crippen LogP contribution in [0.3, 0.4) is 0 Å². The number of aliphatic imine (C=N–C) groups is 1. The number of hydrogen-bond donors (Lipinski definition) is 1. The highest BCUT2D eigenvalue weighted by molar-refractivity contribution is 9.11. The summed E-state index contributed by atoms with van der Waals surface area (Å²) in [4.78, 5) is 9.38. The van der Waals surface area contributed by atoms with Crippen molar-refractivity contribution in [2.45, 2.75) is 0 Å². The van der Waals surface area contributed by atoms with Crippen LogP contribution in [-0.2, 0) is 0 Å². The molecule has 0 saturated carbocycles. The van der Waals surface area contributed by atoms with Crippen LogP contribution >= 0.6 is 31.9 Å². The van der Waals surface area contributed by atoms with Gasteiger partial charge in [-0.25, -0.2) is 9.98 Å². The molecular formula is C20H13Br2N3O. The van der Waals surface area contributed by atoms with Gasteiger partial charge in [-0.3, -0.25) is 4.40 Å². The van der Waals surface area contributed by atoms with Gasteiger partial charge in [0, 0.05) is 28.0 Å². The first-order valence-corrected chi connectivity index (χ1v) is 9.46. The van der Waals surface area contributed by atoms with E-state index in [1.807, 2.05) is 65.2 Å². The van der Waals surface area contributed by atoms with E-state index in [-0.39, 0.29) is 5.75 Å².